The number of carbonyl (C=O) groups is 6. The number of imidazole rings is 1. The zero-order valence-electron chi connectivity index (χ0n) is 23.5. The molecule has 17 nitrogen and oxygen atoms in total. The first-order valence-electron chi connectivity index (χ1n) is 12.8. The number of hydrogen-bond acceptors (Lipinski definition) is 10. The van der Waals surface area contributed by atoms with Gasteiger partial charge < -0.3 is 52.6 Å². The number of aliphatic carboxylic acids is 1. The van der Waals surface area contributed by atoms with Gasteiger partial charge in [0.1, 0.15) is 24.2 Å². The lowest BCUT2D eigenvalue weighted by molar-refractivity contribution is -0.141. The number of carboxylic acids is 1. The summed E-state index contributed by atoms with van der Waals surface area (Å²) in [6, 6.07) is -6.62. The lowest BCUT2D eigenvalue weighted by Crippen LogP contribution is -2.62. The van der Waals surface area contributed by atoms with E-state index >= 15 is 0 Å². The third kappa shape index (κ3) is 11.5. The number of aliphatic hydroxyl groups is 2. The van der Waals surface area contributed by atoms with Crippen LogP contribution in [-0.2, 0) is 35.2 Å². The second kappa shape index (κ2) is 16.2. The number of carbonyl (C=O) groups excluding carboxylic acids is 5. The minimum Gasteiger partial charge on any atom is -0.480 e. The average Bonchev–Trinajstić information content (AvgIpc) is 3.40. The third-order valence-electron chi connectivity index (χ3n) is 5.93. The molecule has 5 amide bonds. The van der Waals surface area contributed by atoms with Crippen molar-refractivity contribution in [3.05, 3.63) is 18.2 Å². The fourth-order valence-corrected chi connectivity index (χ4v) is 3.34. The monoisotopic (exact) mass is 584 g/mol. The van der Waals surface area contributed by atoms with Crippen LogP contribution < -0.4 is 32.3 Å². The molecule has 1 aromatic rings. The Bertz CT molecular complexity index is 1060. The first-order chi connectivity index (χ1) is 19.0. The van der Waals surface area contributed by atoms with Crippen molar-refractivity contribution in [2.45, 2.75) is 83.5 Å². The molecule has 1 heterocycles. The van der Waals surface area contributed by atoms with E-state index in [1.807, 2.05) is 0 Å². The molecule has 0 aliphatic rings. The maximum Gasteiger partial charge on any atom is 0.325 e. The lowest BCUT2D eigenvalue weighted by Gasteiger charge is -2.27. The molecule has 0 spiro atoms. The Morgan fingerprint density at radius 2 is 1.41 bits per heavy atom. The maximum absolute atomic E-state index is 13.2. The van der Waals surface area contributed by atoms with Gasteiger partial charge in [0.2, 0.25) is 29.5 Å². The van der Waals surface area contributed by atoms with Crippen LogP contribution in [0.2, 0.25) is 0 Å². The van der Waals surface area contributed by atoms with Crippen molar-refractivity contribution in [3.8, 4) is 0 Å². The molecular formula is C24H40N8O9. The molecule has 17 heteroatoms. The van der Waals surface area contributed by atoms with Crippen LogP contribution in [0.25, 0.3) is 0 Å². The lowest BCUT2D eigenvalue weighted by atomic mass is 10.0. The molecule has 0 aliphatic carbocycles. The Balaban J connectivity index is 3.05. The predicted octanol–water partition coefficient (Wildman–Crippen LogP) is -4.14. The van der Waals surface area contributed by atoms with Gasteiger partial charge >= 0.3 is 5.97 Å². The highest BCUT2D eigenvalue weighted by atomic mass is 16.4. The van der Waals surface area contributed by atoms with E-state index in [1.165, 1.54) is 33.3 Å². The van der Waals surface area contributed by atoms with Crippen LogP contribution in [0.5, 0.6) is 0 Å². The summed E-state index contributed by atoms with van der Waals surface area (Å²) in [7, 11) is 0. The van der Waals surface area contributed by atoms with Gasteiger partial charge in [-0.1, -0.05) is 13.8 Å². The van der Waals surface area contributed by atoms with Crippen molar-refractivity contribution < 1.29 is 44.1 Å². The van der Waals surface area contributed by atoms with E-state index in [0.717, 1.165) is 0 Å². The van der Waals surface area contributed by atoms with E-state index < -0.39 is 84.5 Å². The van der Waals surface area contributed by atoms with E-state index in [1.54, 1.807) is 13.8 Å². The van der Waals surface area contributed by atoms with Crippen molar-refractivity contribution >= 4 is 35.5 Å². The van der Waals surface area contributed by atoms with Gasteiger partial charge in [-0.2, -0.15) is 0 Å². The van der Waals surface area contributed by atoms with Gasteiger partial charge in [0.05, 0.1) is 31.1 Å². The Morgan fingerprint density at radius 1 is 0.854 bits per heavy atom. The molecule has 0 saturated heterocycles. The summed E-state index contributed by atoms with van der Waals surface area (Å²) in [4.78, 5) is 80.8. The largest absolute Gasteiger partial charge is 0.480 e. The Hall–Kier alpha value is -4.09. The second-order valence-corrected chi connectivity index (χ2v) is 9.91. The number of nitrogens with one attached hydrogen (secondary N) is 6. The predicted molar refractivity (Wildman–Crippen MR) is 143 cm³/mol. The summed E-state index contributed by atoms with van der Waals surface area (Å²) in [5, 5.41) is 40.6. The molecule has 0 aliphatic heterocycles. The summed E-state index contributed by atoms with van der Waals surface area (Å²) < 4.78 is 0. The van der Waals surface area contributed by atoms with Gasteiger partial charge in [0.25, 0.3) is 0 Å². The average molecular weight is 585 g/mol. The highest BCUT2D eigenvalue weighted by Crippen LogP contribution is 2.05. The van der Waals surface area contributed by atoms with Gasteiger partial charge in [0, 0.05) is 18.3 Å². The summed E-state index contributed by atoms with van der Waals surface area (Å²) >= 11 is 0. The van der Waals surface area contributed by atoms with Crippen LogP contribution in [0.1, 0.15) is 40.3 Å². The summed E-state index contributed by atoms with van der Waals surface area (Å²) in [6.07, 6.45) is -0.267. The van der Waals surface area contributed by atoms with E-state index in [2.05, 4.69) is 36.6 Å². The van der Waals surface area contributed by atoms with Gasteiger partial charge in [-0.3, -0.25) is 28.8 Å². The molecule has 0 fully saturated rings. The smallest absolute Gasteiger partial charge is 0.325 e. The molecule has 0 bridgehead atoms. The van der Waals surface area contributed by atoms with Gasteiger partial charge in [0.15, 0.2) is 0 Å². The van der Waals surface area contributed by atoms with Crippen LogP contribution in [-0.4, -0.2) is 110 Å². The van der Waals surface area contributed by atoms with Gasteiger partial charge in [-0.25, -0.2) is 4.98 Å². The fraction of sp³-hybridized carbons (Fsp3) is 0.625. The normalized spacial score (nSPS) is 16.2. The number of amides is 5. The Labute approximate surface area is 236 Å². The summed E-state index contributed by atoms with van der Waals surface area (Å²) in [6.45, 7) is 6.45. The zero-order chi connectivity index (χ0) is 31.4. The molecule has 7 atom stereocenters. The van der Waals surface area contributed by atoms with Crippen molar-refractivity contribution in [2.24, 2.45) is 11.7 Å². The molecule has 11 N–H and O–H groups in total. The van der Waals surface area contributed by atoms with E-state index in [4.69, 9.17) is 10.8 Å². The first-order valence-corrected chi connectivity index (χ1v) is 12.8. The quantitative estimate of drug-likeness (QED) is 0.0890. The van der Waals surface area contributed by atoms with E-state index in [9.17, 15) is 39.0 Å². The number of aromatic amines is 1. The fourth-order valence-electron chi connectivity index (χ4n) is 3.34. The SMILES string of the molecule is CC(C)[C@H](N)C(=O)N[C@H](C(=O)N[C@@H](Cc1cnc[nH]1)C(=O)N[C@H](C(=O)NCC(=O)N[C@@H](C)C(=O)O)[C@@H](C)O)[C@@H](C)O. The van der Waals surface area contributed by atoms with Crippen LogP contribution in [0.4, 0.5) is 0 Å². The molecule has 0 aromatic carbocycles. The molecule has 1 aromatic heterocycles. The van der Waals surface area contributed by atoms with Crippen molar-refractivity contribution in [1.29, 1.82) is 0 Å². The number of aliphatic hydroxyl groups excluding tert-OH is 2. The summed E-state index contributed by atoms with van der Waals surface area (Å²) in [5.74, 6) is -5.88. The minimum atomic E-state index is -1.58. The Morgan fingerprint density at radius 3 is 1.90 bits per heavy atom. The van der Waals surface area contributed by atoms with E-state index in [-0.39, 0.29) is 12.3 Å². The second-order valence-electron chi connectivity index (χ2n) is 9.91. The number of nitrogens with two attached hydrogens (primary N) is 1. The third-order valence-corrected chi connectivity index (χ3v) is 5.93. The number of nitrogens with zero attached hydrogens (tertiary/aromatic N) is 1. The highest BCUT2D eigenvalue weighted by Gasteiger charge is 2.34. The van der Waals surface area contributed by atoms with Crippen LogP contribution in [0, 0.1) is 5.92 Å². The zero-order valence-corrected chi connectivity index (χ0v) is 23.5. The van der Waals surface area contributed by atoms with Crippen molar-refractivity contribution in [2.75, 3.05) is 6.54 Å². The topological polar surface area (TPSA) is 278 Å². The maximum atomic E-state index is 13.2. The van der Waals surface area contributed by atoms with Crippen LogP contribution in [0.15, 0.2) is 12.5 Å². The van der Waals surface area contributed by atoms with Gasteiger partial charge in [-0.15, -0.1) is 0 Å². The highest BCUT2D eigenvalue weighted by molar-refractivity contribution is 5.96. The van der Waals surface area contributed by atoms with Crippen molar-refractivity contribution in [3.63, 3.8) is 0 Å². The van der Waals surface area contributed by atoms with Gasteiger partial charge in [-0.05, 0) is 26.7 Å². The molecule has 41 heavy (non-hydrogen) atoms. The summed E-state index contributed by atoms with van der Waals surface area (Å²) in [5.41, 5.74) is 6.24. The number of hydrogen-bond donors (Lipinski definition) is 10. The molecule has 0 radical (unpaired) electrons. The number of rotatable bonds is 16. The number of carboxylic acid groups (broad SMARTS) is 1. The molecule has 1 rings (SSSR count). The molecular weight excluding hydrogens is 544 g/mol. The van der Waals surface area contributed by atoms with Crippen LogP contribution in [0.3, 0.4) is 0 Å². The van der Waals surface area contributed by atoms with Crippen molar-refractivity contribution in [1.82, 2.24) is 36.6 Å². The molecule has 0 unspecified atom stereocenters. The molecule has 0 saturated carbocycles. The number of H-pyrrole nitrogens is 1. The Kier molecular flexibility index (Phi) is 13.8. The first kappa shape index (κ1) is 34.9. The standard InChI is InChI=1S/C24H40N8O9/c1-10(2)17(25)21(37)32-19(13(5)34)23(39)30-15(6-14-7-26-9-28-14)20(36)31-18(12(4)33)22(38)27-8-16(35)29-11(3)24(40)41/h7,9-13,15,17-19,33-34H,6,8,25H2,1-5H3,(H,26,28)(H,27,38)(H,29,35)(H,30,39)(H,31,36)(H,32,37)(H,40,41)/t11-,12+,13+,15-,17-,18-,19-/m0/s1. The number of aromatic nitrogens is 2. The van der Waals surface area contributed by atoms with E-state index in [0.29, 0.717) is 5.69 Å². The molecule has 230 valence electrons. The van der Waals surface area contributed by atoms with Crippen LogP contribution >= 0.6 is 0 Å². The minimum absolute atomic E-state index is 0.160.